The molecule has 1 aromatic carbocycles. The Balaban J connectivity index is 2.37. The van der Waals surface area contributed by atoms with Gasteiger partial charge in [-0.15, -0.1) is 0 Å². The molecule has 0 N–H and O–H groups in total. The largest absolute Gasteiger partial charge is 0.489 e. The lowest BCUT2D eigenvalue weighted by Gasteiger charge is -2.23. The van der Waals surface area contributed by atoms with Crippen molar-refractivity contribution in [2.75, 3.05) is 6.61 Å². The lowest BCUT2D eigenvalue weighted by molar-refractivity contribution is -0.121. The monoisotopic (exact) mass is 272 g/mol. The Bertz CT molecular complexity index is 417. The zero-order valence-corrected chi connectivity index (χ0v) is 9.80. The molecule has 0 saturated carbocycles. The molecule has 0 aliphatic carbocycles. The molecule has 2 rings (SSSR count). The minimum atomic E-state index is -0.374. The van der Waals surface area contributed by atoms with Crippen LogP contribution in [0.3, 0.4) is 0 Å². The van der Waals surface area contributed by atoms with Crippen molar-refractivity contribution in [3.63, 3.8) is 0 Å². The van der Waals surface area contributed by atoms with E-state index in [-0.39, 0.29) is 29.9 Å². The van der Waals surface area contributed by atoms with Gasteiger partial charge >= 0.3 is 0 Å². The molecule has 0 aromatic heterocycles. The third kappa shape index (κ3) is 2.04. The van der Waals surface area contributed by atoms with Gasteiger partial charge in [-0.3, -0.25) is 4.79 Å². The van der Waals surface area contributed by atoms with Gasteiger partial charge in [-0.2, -0.15) is 0 Å². The zero-order chi connectivity index (χ0) is 11.0. The summed E-state index contributed by atoms with van der Waals surface area (Å²) in [6.07, 6.45) is 0.557. The van der Waals surface area contributed by atoms with Crippen LogP contribution >= 0.6 is 15.9 Å². The van der Waals surface area contributed by atoms with Crippen molar-refractivity contribution < 1.29 is 13.9 Å². The molecule has 0 saturated heterocycles. The highest BCUT2D eigenvalue weighted by Crippen LogP contribution is 2.33. The number of rotatable bonds is 1. The van der Waals surface area contributed by atoms with Crippen molar-refractivity contribution in [3.8, 4) is 5.75 Å². The number of ketones is 1. The van der Waals surface area contributed by atoms with Crippen molar-refractivity contribution >= 4 is 21.7 Å². The second-order valence-electron chi connectivity index (χ2n) is 3.70. The molecule has 1 heterocycles. The summed E-state index contributed by atoms with van der Waals surface area (Å²) in [5.74, 6) is -0.149. The van der Waals surface area contributed by atoms with E-state index in [1.807, 2.05) is 0 Å². The summed E-state index contributed by atoms with van der Waals surface area (Å²) in [5, 5.41) is 0. The van der Waals surface area contributed by atoms with Gasteiger partial charge in [0.2, 0.25) is 0 Å². The Morgan fingerprint density at radius 3 is 3.00 bits per heavy atom. The van der Waals surface area contributed by atoms with Gasteiger partial charge in [-0.1, -0.05) is 15.9 Å². The molecule has 1 aliphatic rings. The topological polar surface area (TPSA) is 26.3 Å². The molecular formula is C11H10BrFO2. The van der Waals surface area contributed by atoms with E-state index in [4.69, 9.17) is 4.74 Å². The maximum absolute atomic E-state index is 13.4. The Morgan fingerprint density at radius 1 is 1.60 bits per heavy atom. The van der Waals surface area contributed by atoms with E-state index in [9.17, 15) is 9.18 Å². The summed E-state index contributed by atoms with van der Waals surface area (Å²) in [6, 6.07) is 3.17. The fourth-order valence-electron chi connectivity index (χ4n) is 1.70. The van der Waals surface area contributed by atoms with E-state index in [0.29, 0.717) is 10.9 Å². The standard InChI is InChI=1S/C11H10BrFO2/c1-6(14)8-2-7-3-9(12)4-10(13)11(7)15-5-8/h3-4,8H,2,5H2,1H3. The van der Waals surface area contributed by atoms with Crippen LogP contribution in [0.5, 0.6) is 5.75 Å². The molecule has 1 atom stereocenters. The van der Waals surface area contributed by atoms with Crippen LogP contribution in [-0.4, -0.2) is 12.4 Å². The van der Waals surface area contributed by atoms with Crippen LogP contribution in [0.4, 0.5) is 4.39 Å². The number of halogens is 2. The minimum Gasteiger partial charge on any atom is -0.489 e. The SMILES string of the molecule is CC(=O)C1COc2c(F)cc(Br)cc2C1. The van der Waals surface area contributed by atoms with E-state index in [1.165, 1.54) is 13.0 Å². The molecule has 1 aliphatic heterocycles. The van der Waals surface area contributed by atoms with Crippen LogP contribution < -0.4 is 4.74 Å². The van der Waals surface area contributed by atoms with Gasteiger partial charge < -0.3 is 4.74 Å². The van der Waals surface area contributed by atoms with Crippen LogP contribution in [-0.2, 0) is 11.2 Å². The number of carbonyl (C=O) groups is 1. The lowest BCUT2D eigenvalue weighted by atomic mass is 9.94. The van der Waals surface area contributed by atoms with Crippen molar-refractivity contribution in [3.05, 3.63) is 28.0 Å². The molecule has 2 nitrogen and oxygen atoms in total. The molecular weight excluding hydrogens is 263 g/mol. The molecule has 4 heteroatoms. The summed E-state index contributed by atoms with van der Waals surface area (Å²) < 4.78 is 19.4. The lowest BCUT2D eigenvalue weighted by Crippen LogP contribution is -2.27. The second-order valence-corrected chi connectivity index (χ2v) is 4.61. The summed E-state index contributed by atoms with van der Waals surface area (Å²) in [4.78, 5) is 11.2. The number of benzene rings is 1. The van der Waals surface area contributed by atoms with Gasteiger partial charge in [0.25, 0.3) is 0 Å². The predicted octanol–water partition coefficient (Wildman–Crippen LogP) is 2.73. The summed E-state index contributed by atoms with van der Waals surface area (Å²) in [6.45, 7) is 1.81. The van der Waals surface area contributed by atoms with Crippen LogP contribution in [0.1, 0.15) is 12.5 Å². The predicted molar refractivity (Wildman–Crippen MR) is 57.5 cm³/mol. The highest BCUT2D eigenvalue weighted by Gasteiger charge is 2.25. The molecule has 0 spiro atoms. The molecule has 80 valence electrons. The van der Waals surface area contributed by atoms with E-state index in [1.54, 1.807) is 6.07 Å². The number of ether oxygens (including phenoxy) is 1. The zero-order valence-electron chi connectivity index (χ0n) is 8.22. The number of fused-ring (bicyclic) bond motifs is 1. The fourth-order valence-corrected chi connectivity index (χ4v) is 2.17. The van der Waals surface area contributed by atoms with E-state index >= 15 is 0 Å². The van der Waals surface area contributed by atoms with Gasteiger partial charge in [0.15, 0.2) is 11.6 Å². The smallest absolute Gasteiger partial charge is 0.166 e. The summed E-state index contributed by atoms with van der Waals surface area (Å²) in [7, 11) is 0. The molecule has 1 aromatic rings. The first-order valence-electron chi connectivity index (χ1n) is 4.69. The van der Waals surface area contributed by atoms with Crippen molar-refractivity contribution in [2.45, 2.75) is 13.3 Å². The average molecular weight is 273 g/mol. The van der Waals surface area contributed by atoms with Crippen molar-refractivity contribution in [1.82, 2.24) is 0 Å². The average Bonchev–Trinajstić information content (AvgIpc) is 2.16. The molecule has 0 bridgehead atoms. The van der Waals surface area contributed by atoms with Crippen LogP contribution in [0, 0.1) is 11.7 Å². The summed E-state index contributed by atoms with van der Waals surface area (Å²) in [5.41, 5.74) is 0.758. The minimum absolute atomic E-state index is 0.0843. The molecule has 0 fully saturated rings. The van der Waals surface area contributed by atoms with Gasteiger partial charge in [0.1, 0.15) is 5.78 Å². The Labute approximate surface area is 95.6 Å². The Kier molecular flexibility index (Phi) is 2.78. The second kappa shape index (κ2) is 3.93. The van der Waals surface area contributed by atoms with E-state index < -0.39 is 0 Å². The highest BCUT2D eigenvalue weighted by atomic mass is 79.9. The number of Topliss-reactive ketones (excluding diaryl/α,β-unsaturated/α-hetero) is 1. The highest BCUT2D eigenvalue weighted by molar-refractivity contribution is 9.10. The fraction of sp³-hybridized carbons (Fsp3) is 0.364. The quantitative estimate of drug-likeness (QED) is 0.786. The normalized spacial score (nSPS) is 19.3. The Morgan fingerprint density at radius 2 is 2.33 bits per heavy atom. The van der Waals surface area contributed by atoms with Gasteiger partial charge in [-0.05, 0) is 31.0 Å². The van der Waals surface area contributed by atoms with E-state index in [2.05, 4.69) is 15.9 Å². The van der Waals surface area contributed by atoms with Gasteiger partial charge in [0.05, 0.1) is 12.5 Å². The molecule has 0 amide bonds. The van der Waals surface area contributed by atoms with E-state index in [0.717, 1.165) is 5.56 Å². The van der Waals surface area contributed by atoms with Crippen molar-refractivity contribution in [2.24, 2.45) is 5.92 Å². The third-order valence-electron chi connectivity index (χ3n) is 2.56. The van der Waals surface area contributed by atoms with Crippen LogP contribution in [0.15, 0.2) is 16.6 Å². The van der Waals surface area contributed by atoms with Crippen LogP contribution in [0.2, 0.25) is 0 Å². The summed E-state index contributed by atoms with van der Waals surface area (Å²) >= 11 is 3.22. The number of carbonyl (C=O) groups excluding carboxylic acids is 1. The van der Waals surface area contributed by atoms with Crippen molar-refractivity contribution in [1.29, 1.82) is 0 Å². The maximum atomic E-state index is 13.4. The first kappa shape index (κ1) is 10.6. The number of hydrogen-bond donors (Lipinski definition) is 0. The molecule has 15 heavy (non-hydrogen) atoms. The first-order chi connectivity index (χ1) is 7.08. The third-order valence-corrected chi connectivity index (χ3v) is 3.01. The Hall–Kier alpha value is -0.900. The van der Waals surface area contributed by atoms with Gasteiger partial charge in [-0.25, -0.2) is 4.39 Å². The maximum Gasteiger partial charge on any atom is 0.166 e. The van der Waals surface area contributed by atoms with Crippen LogP contribution in [0.25, 0.3) is 0 Å². The first-order valence-corrected chi connectivity index (χ1v) is 5.48. The molecule has 1 unspecified atom stereocenters. The molecule has 0 radical (unpaired) electrons. The van der Waals surface area contributed by atoms with Gasteiger partial charge in [0, 0.05) is 4.47 Å². The number of hydrogen-bond acceptors (Lipinski definition) is 2.